The Kier molecular flexibility index (Phi) is 5.00. The smallest absolute Gasteiger partial charge is 0.230 e. The van der Waals surface area contributed by atoms with E-state index in [1.165, 1.54) is 0 Å². The lowest BCUT2D eigenvalue weighted by molar-refractivity contribution is 0.119. The average Bonchev–Trinajstić information content (AvgIpc) is 3.13. The van der Waals surface area contributed by atoms with Gasteiger partial charge in [-0.05, 0) is 11.1 Å². The van der Waals surface area contributed by atoms with Gasteiger partial charge in [0.1, 0.15) is 5.69 Å². The molecule has 0 spiro atoms. The molecule has 5 nitrogen and oxygen atoms in total. The number of nitrogens with zero attached hydrogens (tertiary/aromatic N) is 2. The van der Waals surface area contributed by atoms with E-state index < -0.39 is 6.10 Å². The molecule has 0 bridgehead atoms. The average molecular weight is 350 g/mol. The normalized spacial score (nSPS) is 15.8. The lowest BCUT2D eigenvalue weighted by atomic mass is 10.1. The molecule has 5 heteroatoms. The Morgan fingerprint density at radius 3 is 2.31 bits per heavy atom. The quantitative estimate of drug-likeness (QED) is 0.766. The Balaban J connectivity index is 1.67. The lowest BCUT2D eigenvalue weighted by Gasteiger charge is -2.26. The Morgan fingerprint density at radius 1 is 0.962 bits per heavy atom. The van der Waals surface area contributed by atoms with Crippen LogP contribution in [-0.4, -0.2) is 36.4 Å². The van der Waals surface area contributed by atoms with Gasteiger partial charge in [-0.3, -0.25) is 0 Å². The topological polar surface area (TPSA) is 58.7 Å². The van der Waals surface area contributed by atoms with Crippen molar-refractivity contribution >= 4 is 5.88 Å². The standard InChI is InChI=1S/C21H22N2O3/c24-19(17-9-5-2-6-10-17)20-22-18(15-16-7-3-1-4-8-16)21(26-20)23-11-13-25-14-12-23/h1-10,19,24H,11-15H2. The third kappa shape index (κ3) is 3.64. The minimum absolute atomic E-state index is 0.337. The first-order valence-corrected chi connectivity index (χ1v) is 8.90. The van der Waals surface area contributed by atoms with Gasteiger partial charge in [-0.1, -0.05) is 60.7 Å². The number of aliphatic hydroxyl groups excluding tert-OH is 1. The van der Waals surface area contributed by atoms with Crippen LogP contribution in [0.3, 0.4) is 0 Å². The van der Waals surface area contributed by atoms with Crippen molar-refractivity contribution in [2.24, 2.45) is 0 Å². The largest absolute Gasteiger partial charge is 0.422 e. The summed E-state index contributed by atoms with van der Waals surface area (Å²) >= 11 is 0. The van der Waals surface area contributed by atoms with Gasteiger partial charge in [-0.15, -0.1) is 0 Å². The van der Waals surface area contributed by atoms with Crippen molar-refractivity contribution in [3.63, 3.8) is 0 Å². The summed E-state index contributed by atoms with van der Waals surface area (Å²) in [5, 5.41) is 10.7. The van der Waals surface area contributed by atoms with E-state index in [1.807, 2.05) is 48.5 Å². The summed E-state index contributed by atoms with van der Waals surface area (Å²) in [5.41, 5.74) is 2.78. The molecule has 0 amide bonds. The summed E-state index contributed by atoms with van der Waals surface area (Å²) in [5.74, 6) is 1.07. The molecule has 1 unspecified atom stereocenters. The summed E-state index contributed by atoms with van der Waals surface area (Å²) in [6.07, 6.45) is -0.209. The Bertz CT molecular complexity index is 827. The highest BCUT2D eigenvalue weighted by Gasteiger charge is 2.25. The van der Waals surface area contributed by atoms with Crippen molar-refractivity contribution in [3.8, 4) is 0 Å². The molecule has 4 rings (SSSR count). The third-order valence-corrected chi connectivity index (χ3v) is 4.56. The van der Waals surface area contributed by atoms with Gasteiger partial charge in [0.2, 0.25) is 11.8 Å². The maximum atomic E-state index is 10.7. The van der Waals surface area contributed by atoms with Gasteiger partial charge in [0.15, 0.2) is 6.10 Å². The summed E-state index contributed by atoms with van der Waals surface area (Å²) in [6, 6.07) is 19.7. The molecule has 1 saturated heterocycles. The molecule has 0 radical (unpaired) electrons. The SMILES string of the molecule is OC(c1ccccc1)c1nc(Cc2ccccc2)c(N2CCOCC2)o1. The van der Waals surface area contributed by atoms with Gasteiger partial charge in [0.25, 0.3) is 0 Å². The molecule has 2 aromatic carbocycles. The molecule has 1 aromatic heterocycles. The van der Waals surface area contributed by atoms with Crippen LogP contribution in [0.5, 0.6) is 0 Å². The monoisotopic (exact) mass is 350 g/mol. The van der Waals surface area contributed by atoms with E-state index in [4.69, 9.17) is 9.15 Å². The van der Waals surface area contributed by atoms with Crippen molar-refractivity contribution in [3.05, 3.63) is 83.4 Å². The number of oxazole rings is 1. The molecule has 26 heavy (non-hydrogen) atoms. The van der Waals surface area contributed by atoms with Crippen LogP contribution >= 0.6 is 0 Å². The number of benzene rings is 2. The van der Waals surface area contributed by atoms with Crippen molar-refractivity contribution in [1.82, 2.24) is 4.98 Å². The second-order valence-corrected chi connectivity index (χ2v) is 6.38. The molecule has 1 N–H and O–H groups in total. The first-order valence-electron chi connectivity index (χ1n) is 8.90. The predicted molar refractivity (Wildman–Crippen MR) is 99.3 cm³/mol. The molecule has 0 aliphatic carbocycles. The molecule has 134 valence electrons. The molecule has 2 heterocycles. The van der Waals surface area contributed by atoms with Crippen molar-refractivity contribution in [1.29, 1.82) is 0 Å². The van der Waals surface area contributed by atoms with Gasteiger partial charge >= 0.3 is 0 Å². The molecule has 1 aliphatic rings. The van der Waals surface area contributed by atoms with Gasteiger partial charge in [0, 0.05) is 19.5 Å². The van der Waals surface area contributed by atoms with Crippen LogP contribution in [0.4, 0.5) is 5.88 Å². The summed E-state index contributed by atoms with van der Waals surface area (Å²) < 4.78 is 11.5. The number of hydrogen-bond donors (Lipinski definition) is 1. The fourth-order valence-corrected chi connectivity index (χ4v) is 3.17. The van der Waals surface area contributed by atoms with E-state index in [1.54, 1.807) is 0 Å². The zero-order valence-electron chi connectivity index (χ0n) is 14.5. The van der Waals surface area contributed by atoms with Crippen LogP contribution in [-0.2, 0) is 11.2 Å². The van der Waals surface area contributed by atoms with E-state index in [0.717, 1.165) is 35.8 Å². The second-order valence-electron chi connectivity index (χ2n) is 6.38. The van der Waals surface area contributed by atoms with E-state index in [-0.39, 0.29) is 0 Å². The highest BCUT2D eigenvalue weighted by atomic mass is 16.5. The number of anilines is 1. The molecule has 0 saturated carbocycles. The van der Waals surface area contributed by atoms with Gasteiger partial charge in [0.05, 0.1) is 13.2 Å². The zero-order chi connectivity index (χ0) is 17.8. The number of morpholine rings is 1. The lowest BCUT2D eigenvalue weighted by Crippen LogP contribution is -2.36. The highest BCUT2D eigenvalue weighted by Crippen LogP contribution is 2.30. The number of aliphatic hydroxyl groups is 1. The first-order chi connectivity index (χ1) is 12.8. The summed E-state index contributed by atoms with van der Waals surface area (Å²) in [7, 11) is 0. The number of ether oxygens (including phenoxy) is 1. The number of hydrogen-bond acceptors (Lipinski definition) is 5. The van der Waals surface area contributed by atoms with Gasteiger partial charge < -0.3 is 19.2 Å². The van der Waals surface area contributed by atoms with Gasteiger partial charge in [-0.25, -0.2) is 4.98 Å². The number of rotatable bonds is 5. The van der Waals surface area contributed by atoms with Crippen molar-refractivity contribution in [2.45, 2.75) is 12.5 Å². The number of aromatic nitrogens is 1. The minimum atomic E-state index is -0.875. The maximum Gasteiger partial charge on any atom is 0.230 e. The zero-order valence-corrected chi connectivity index (χ0v) is 14.5. The third-order valence-electron chi connectivity index (χ3n) is 4.56. The molecule has 3 aromatic rings. The summed E-state index contributed by atoms with van der Waals surface area (Å²) in [4.78, 5) is 6.81. The van der Waals surface area contributed by atoms with Crippen molar-refractivity contribution < 1.29 is 14.3 Å². The Hall–Kier alpha value is -2.63. The molecule has 1 aliphatic heterocycles. The van der Waals surface area contributed by atoms with Crippen LogP contribution in [0.2, 0.25) is 0 Å². The fraction of sp³-hybridized carbons (Fsp3) is 0.286. The van der Waals surface area contributed by atoms with Crippen LogP contribution < -0.4 is 4.90 Å². The van der Waals surface area contributed by atoms with E-state index in [0.29, 0.717) is 25.5 Å². The molecular formula is C21H22N2O3. The molecule has 1 fully saturated rings. The van der Waals surface area contributed by atoms with Crippen LogP contribution in [0.25, 0.3) is 0 Å². The van der Waals surface area contributed by atoms with E-state index >= 15 is 0 Å². The van der Waals surface area contributed by atoms with E-state index in [2.05, 4.69) is 22.0 Å². The Morgan fingerprint density at radius 2 is 1.62 bits per heavy atom. The summed E-state index contributed by atoms with van der Waals surface area (Å²) in [6.45, 7) is 2.86. The van der Waals surface area contributed by atoms with Gasteiger partial charge in [-0.2, -0.15) is 0 Å². The molecular weight excluding hydrogens is 328 g/mol. The fourth-order valence-electron chi connectivity index (χ4n) is 3.17. The predicted octanol–water partition coefficient (Wildman–Crippen LogP) is 3.18. The first kappa shape index (κ1) is 16.8. The van der Waals surface area contributed by atoms with Crippen molar-refractivity contribution in [2.75, 3.05) is 31.2 Å². The van der Waals surface area contributed by atoms with Crippen LogP contribution in [0.15, 0.2) is 65.1 Å². The van der Waals surface area contributed by atoms with Crippen LogP contribution in [0.1, 0.15) is 28.8 Å². The molecule has 1 atom stereocenters. The maximum absolute atomic E-state index is 10.7. The Labute approximate surface area is 152 Å². The van der Waals surface area contributed by atoms with Crippen LogP contribution in [0, 0.1) is 0 Å². The van der Waals surface area contributed by atoms with E-state index in [9.17, 15) is 5.11 Å². The minimum Gasteiger partial charge on any atom is -0.422 e. The highest BCUT2D eigenvalue weighted by molar-refractivity contribution is 5.44. The second kappa shape index (κ2) is 7.72.